The maximum Gasteiger partial charge on any atom is 0.0888 e. The Kier molecular flexibility index (Phi) is 1.86. The van der Waals surface area contributed by atoms with E-state index in [9.17, 15) is 0 Å². The number of fused-ring (bicyclic) bond motifs is 3. The van der Waals surface area contributed by atoms with Crippen molar-refractivity contribution in [1.29, 1.82) is 0 Å². The molecule has 0 aliphatic heterocycles. The van der Waals surface area contributed by atoms with Crippen LogP contribution < -0.4 is 0 Å². The van der Waals surface area contributed by atoms with Crippen LogP contribution in [0.5, 0.6) is 0 Å². The Labute approximate surface area is 102 Å². The maximum atomic E-state index is 4.49. The molecule has 0 fully saturated rings. The summed E-state index contributed by atoms with van der Waals surface area (Å²) in [5, 5.41) is 0. The molecule has 0 aromatic carbocycles. The van der Waals surface area contributed by atoms with Gasteiger partial charge < -0.3 is 0 Å². The second-order valence-electron chi connectivity index (χ2n) is 3.82. The van der Waals surface area contributed by atoms with Crippen LogP contribution in [0.2, 0.25) is 0 Å². The van der Waals surface area contributed by atoms with Crippen molar-refractivity contribution >= 4 is 22.6 Å². The summed E-state index contributed by atoms with van der Waals surface area (Å²) in [6, 6.07) is 6.19. The largest absolute Gasteiger partial charge is 0.264 e. The van der Waals surface area contributed by atoms with E-state index in [1.54, 1.807) is 0 Å². The van der Waals surface area contributed by atoms with Gasteiger partial charge in [-0.1, -0.05) is 28.7 Å². The number of hydrogen-bond donors (Lipinski definition) is 0. The third-order valence-electron chi connectivity index (χ3n) is 2.87. The number of halogens is 1. The minimum absolute atomic E-state index is 0.0437. The van der Waals surface area contributed by atoms with Gasteiger partial charge in [0.1, 0.15) is 0 Å². The van der Waals surface area contributed by atoms with Crippen molar-refractivity contribution in [2.45, 2.75) is 10.3 Å². The lowest BCUT2D eigenvalue weighted by Crippen LogP contribution is -2.12. The average molecular weight is 308 g/mol. The summed E-state index contributed by atoms with van der Waals surface area (Å²) < 4.78 is -0.0437. The molecule has 3 heteroatoms. The van der Waals surface area contributed by atoms with Crippen molar-refractivity contribution < 1.29 is 0 Å². The Bertz CT molecular complexity index is 487. The van der Waals surface area contributed by atoms with Crippen molar-refractivity contribution in [1.82, 2.24) is 9.97 Å². The molecule has 2 aromatic heterocycles. The zero-order valence-corrected chi connectivity index (χ0v) is 10.4. The number of aromatic nitrogens is 2. The first-order valence-electron chi connectivity index (χ1n) is 4.80. The van der Waals surface area contributed by atoms with Gasteiger partial charge in [0.2, 0.25) is 0 Å². The number of rotatable bonds is 0. The fraction of sp³-hybridized carbons (Fsp3) is 0.167. The van der Waals surface area contributed by atoms with Gasteiger partial charge >= 0.3 is 0 Å². The first-order valence-corrected chi connectivity index (χ1v) is 5.88. The van der Waals surface area contributed by atoms with Crippen LogP contribution in [0.4, 0.5) is 0 Å². The molecule has 74 valence electrons. The molecule has 3 rings (SSSR count). The lowest BCUT2D eigenvalue weighted by molar-refractivity contribution is 0.862. The van der Waals surface area contributed by atoms with E-state index in [1.807, 2.05) is 24.7 Å². The molecule has 2 aromatic rings. The Balaban J connectivity index is 2.42. The van der Waals surface area contributed by atoms with Crippen LogP contribution in [0.15, 0.2) is 36.8 Å². The molecular weight excluding hydrogens is 299 g/mol. The molecule has 0 N–H and O–H groups in total. The fourth-order valence-corrected chi connectivity index (χ4v) is 2.99. The molecule has 0 bridgehead atoms. The van der Waals surface area contributed by atoms with Gasteiger partial charge in [0.25, 0.3) is 0 Å². The third kappa shape index (κ3) is 1.16. The standard InChI is InChI=1S/C12H9IN2/c1-12(13)10-7-14-6-4-8(10)9-3-2-5-15-11(9)12/h2-7H,1H3. The van der Waals surface area contributed by atoms with E-state index >= 15 is 0 Å². The van der Waals surface area contributed by atoms with Crippen molar-refractivity contribution in [3.8, 4) is 11.1 Å². The normalized spacial score (nSPS) is 22.3. The van der Waals surface area contributed by atoms with Crippen molar-refractivity contribution in [2.75, 3.05) is 0 Å². The van der Waals surface area contributed by atoms with Gasteiger partial charge in [0.05, 0.1) is 9.12 Å². The lowest BCUT2D eigenvalue weighted by Gasteiger charge is -2.16. The van der Waals surface area contributed by atoms with Crippen molar-refractivity contribution in [3.63, 3.8) is 0 Å². The molecule has 1 aliphatic rings. The zero-order valence-electron chi connectivity index (χ0n) is 8.24. The van der Waals surface area contributed by atoms with Crippen LogP contribution in [-0.4, -0.2) is 9.97 Å². The number of nitrogens with zero attached hydrogens (tertiary/aromatic N) is 2. The van der Waals surface area contributed by atoms with E-state index in [2.05, 4.69) is 51.6 Å². The molecule has 1 atom stereocenters. The van der Waals surface area contributed by atoms with E-state index in [-0.39, 0.29) is 3.42 Å². The Morgan fingerprint density at radius 3 is 2.93 bits per heavy atom. The summed E-state index contributed by atoms with van der Waals surface area (Å²) in [6.45, 7) is 2.19. The third-order valence-corrected chi connectivity index (χ3v) is 3.96. The number of hydrogen-bond acceptors (Lipinski definition) is 2. The van der Waals surface area contributed by atoms with Crippen LogP contribution in [0.25, 0.3) is 11.1 Å². The van der Waals surface area contributed by atoms with Crippen LogP contribution in [0, 0.1) is 0 Å². The van der Waals surface area contributed by atoms with E-state index in [0.29, 0.717) is 0 Å². The molecule has 0 saturated carbocycles. The summed E-state index contributed by atoms with van der Waals surface area (Å²) in [4.78, 5) is 8.69. The fourth-order valence-electron chi connectivity index (χ4n) is 2.13. The quantitative estimate of drug-likeness (QED) is 0.552. The molecule has 1 aliphatic carbocycles. The number of pyridine rings is 2. The first-order chi connectivity index (χ1) is 7.21. The summed E-state index contributed by atoms with van der Waals surface area (Å²) >= 11 is 2.45. The molecule has 2 nitrogen and oxygen atoms in total. The summed E-state index contributed by atoms with van der Waals surface area (Å²) in [5.74, 6) is 0. The molecule has 2 heterocycles. The predicted molar refractivity (Wildman–Crippen MR) is 67.9 cm³/mol. The van der Waals surface area contributed by atoms with Crippen molar-refractivity contribution in [3.05, 3.63) is 48.0 Å². The minimum Gasteiger partial charge on any atom is -0.264 e. The Hall–Kier alpha value is -0.970. The monoisotopic (exact) mass is 308 g/mol. The maximum absolute atomic E-state index is 4.49. The zero-order chi connectivity index (χ0) is 10.5. The molecular formula is C12H9IN2. The summed E-state index contributed by atoms with van der Waals surface area (Å²) in [6.07, 6.45) is 5.65. The lowest BCUT2D eigenvalue weighted by atomic mass is 10.0. The Morgan fingerprint density at radius 2 is 2.07 bits per heavy atom. The van der Waals surface area contributed by atoms with Gasteiger partial charge in [-0.3, -0.25) is 9.97 Å². The van der Waals surface area contributed by atoms with Gasteiger partial charge in [-0.25, -0.2) is 0 Å². The highest BCUT2D eigenvalue weighted by Gasteiger charge is 2.38. The van der Waals surface area contributed by atoms with Gasteiger partial charge in [0, 0.05) is 24.2 Å². The highest BCUT2D eigenvalue weighted by atomic mass is 127. The van der Waals surface area contributed by atoms with Crippen LogP contribution in [0.3, 0.4) is 0 Å². The first kappa shape index (κ1) is 9.27. The predicted octanol–water partition coefficient (Wildman–Crippen LogP) is 3.16. The van der Waals surface area contributed by atoms with E-state index in [0.717, 1.165) is 5.69 Å². The molecule has 0 spiro atoms. The topological polar surface area (TPSA) is 25.8 Å². The average Bonchev–Trinajstić information content (AvgIpc) is 2.51. The van der Waals surface area contributed by atoms with Gasteiger partial charge in [-0.05, 0) is 30.2 Å². The van der Waals surface area contributed by atoms with Gasteiger partial charge in [0.15, 0.2) is 0 Å². The van der Waals surface area contributed by atoms with Gasteiger partial charge in [-0.15, -0.1) is 0 Å². The second-order valence-corrected chi connectivity index (χ2v) is 5.98. The van der Waals surface area contributed by atoms with E-state index < -0.39 is 0 Å². The van der Waals surface area contributed by atoms with E-state index in [4.69, 9.17) is 0 Å². The molecule has 0 radical (unpaired) electrons. The molecule has 0 amide bonds. The summed E-state index contributed by atoms with van der Waals surface area (Å²) in [5.41, 5.74) is 4.92. The minimum atomic E-state index is -0.0437. The van der Waals surface area contributed by atoms with Crippen LogP contribution in [0.1, 0.15) is 18.2 Å². The highest BCUT2D eigenvalue weighted by Crippen LogP contribution is 2.50. The van der Waals surface area contributed by atoms with E-state index in [1.165, 1.54) is 16.7 Å². The molecule has 15 heavy (non-hydrogen) atoms. The molecule has 1 unspecified atom stereocenters. The smallest absolute Gasteiger partial charge is 0.0888 e. The van der Waals surface area contributed by atoms with Crippen LogP contribution in [-0.2, 0) is 3.42 Å². The van der Waals surface area contributed by atoms with Crippen molar-refractivity contribution in [2.24, 2.45) is 0 Å². The summed E-state index contributed by atoms with van der Waals surface area (Å²) in [7, 11) is 0. The van der Waals surface area contributed by atoms with Gasteiger partial charge in [-0.2, -0.15) is 0 Å². The highest BCUT2D eigenvalue weighted by molar-refractivity contribution is 14.1. The second kappa shape index (κ2) is 3.01. The van der Waals surface area contributed by atoms with Crippen LogP contribution >= 0.6 is 22.6 Å². The number of alkyl halides is 1. The molecule has 0 saturated heterocycles. The Morgan fingerprint density at radius 1 is 1.20 bits per heavy atom. The SMILES string of the molecule is CC1(I)c2cnccc2-c2cccnc21.